The maximum absolute atomic E-state index is 13.5. The minimum atomic E-state index is -0.148. The van der Waals surface area contributed by atoms with Crippen molar-refractivity contribution in [1.29, 1.82) is 0 Å². The van der Waals surface area contributed by atoms with Crippen molar-refractivity contribution in [3.8, 4) is 0 Å². The molecule has 0 bridgehead atoms. The van der Waals surface area contributed by atoms with E-state index in [0.717, 1.165) is 12.0 Å². The first kappa shape index (κ1) is 10.8. The highest BCUT2D eigenvalue weighted by atomic mass is 32.2. The third kappa shape index (κ3) is 2.46. The maximum atomic E-state index is 13.5. The molecule has 0 saturated carbocycles. The average molecular weight is 225 g/mol. The SMILES string of the molecule is Cc1ccc(F)c(NC2CCSC2C)c1. The Kier molecular flexibility index (Phi) is 3.19. The minimum absolute atomic E-state index is 0.148. The zero-order valence-electron chi connectivity index (χ0n) is 9.09. The number of aryl methyl sites for hydroxylation is 1. The zero-order chi connectivity index (χ0) is 10.8. The lowest BCUT2D eigenvalue weighted by atomic mass is 10.1. The van der Waals surface area contributed by atoms with Crippen LogP contribution in [0.15, 0.2) is 18.2 Å². The Bertz CT molecular complexity index is 353. The van der Waals surface area contributed by atoms with Crippen molar-refractivity contribution in [3.63, 3.8) is 0 Å². The molecule has 1 fully saturated rings. The number of hydrogen-bond acceptors (Lipinski definition) is 2. The van der Waals surface area contributed by atoms with Gasteiger partial charge in [-0.05, 0) is 36.8 Å². The molecule has 0 radical (unpaired) electrons. The van der Waals surface area contributed by atoms with E-state index < -0.39 is 0 Å². The number of benzene rings is 1. The number of thioether (sulfide) groups is 1. The van der Waals surface area contributed by atoms with E-state index >= 15 is 0 Å². The first-order chi connectivity index (χ1) is 7.16. The van der Waals surface area contributed by atoms with Crippen LogP contribution in [0.4, 0.5) is 10.1 Å². The molecule has 1 nitrogen and oxygen atoms in total. The van der Waals surface area contributed by atoms with Crippen LogP contribution in [0.5, 0.6) is 0 Å². The summed E-state index contributed by atoms with van der Waals surface area (Å²) in [5, 5.41) is 3.88. The summed E-state index contributed by atoms with van der Waals surface area (Å²) in [6.07, 6.45) is 1.12. The average Bonchev–Trinajstić information content (AvgIpc) is 2.58. The van der Waals surface area contributed by atoms with Gasteiger partial charge in [0, 0.05) is 11.3 Å². The van der Waals surface area contributed by atoms with E-state index in [2.05, 4.69) is 12.2 Å². The van der Waals surface area contributed by atoms with Crippen LogP contribution < -0.4 is 5.32 Å². The van der Waals surface area contributed by atoms with Crippen LogP contribution in [0, 0.1) is 12.7 Å². The van der Waals surface area contributed by atoms with E-state index in [4.69, 9.17) is 0 Å². The molecule has 0 spiro atoms. The van der Waals surface area contributed by atoms with Gasteiger partial charge in [0.2, 0.25) is 0 Å². The van der Waals surface area contributed by atoms with Gasteiger partial charge in [0.25, 0.3) is 0 Å². The summed E-state index contributed by atoms with van der Waals surface area (Å²) in [5.74, 6) is 1.02. The van der Waals surface area contributed by atoms with Crippen molar-refractivity contribution in [2.24, 2.45) is 0 Å². The topological polar surface area (TPSA) is 12.0 Å². The van der Waals surface area contributed by atoms with Gasteiger partial charge in [-0.25, -0.2) is 4.39 Å². The predicted molar refractivity (Wildman–Crippen MR) is 65.1 cm³/mol. The predicted octanol–water partition coefficient (Wildman–Crippen LogP) is 3.44. The highest BCUT2D eigenvalue weighted by Crippen LogP contribution is 2.29. The Morgan fingerprint density at radius 1 is 1.47 bits per heavy atom. The molecule has 0 aliphatic carbocycles. The molecule has 15 heavy (non-hydrogen) atoms. The first-order valence-electron chi connectivity index (χ1n) is 5.31. The van der Waals surface area contributed by atoms with Gasteiger partial charge < -0.3 is 5.32 Å². The number of nitrogens with one attached hydrogen (secondary N) is 1. The summed E-state index contributed by atoms with van der Waals surface area (Å²) in [4.78, 5) is 0. The van der Waals surface area contributed by atoms with E-state index in [1.54, 1.807) is 6.07 Å². The summed E-state index contributed by atoms with van der Waals surface area (Å²) in [5.41, 5.74) is 1.74. The minimum Gasteiger partial charge on any atom is -0.379 e. The largest absolute Gasteiger partial charge is 0.379 e. The van der Waals surface area contributed by atoms with E-state index in [0.29, 0.717) is 17.0 Å². The molecule has 1 N–H and O–H groups in total. The van der Waals surface area contributed by atoms with Gasteiger partial charge in [-0.3, -0.25) is 0 Å². The molecule has 1 saturated heterocycles. The molecule has 1 aromatic rings. The Morgan fingerprint density at radius 3 is 2.93 bits per heavy atom. The number of rotatable bonds is 2. The molecule has 82 valence electrons. The first-order valence-corrected chi connectivity index (χ1v) is 6.36. The quantitative estimate of drug-likeness (QED) is 0.827. The van der Waals surface area contributed by atoms with Crippen molar-refractivity contribution >= 4 is 17.4 Å². The molecule has 0 aromatic heterocycles. The van der Waals surface area contributed by atoms with Crippen molar-refractivity contribution < 1.29 is 4.39 Å². The highest BCUT2D eigenvalue weighted by molar-refractivity contribution is 8.00. The van der Waals surface area contributed by atoms with Gasteiger partial charge in [0.1, 0.15) is 5.82 Å². The summed E-state index contributed by atoms with van der Waals surface area (Å²) in [7, 11) is 0. The Balaban J connectivity index is 2.12. The number of hydrogen-bond donors (Lipinski definition) is 1. The molecular weight excluding hydrogens is 209 g/mol. The second-order valence-corrected chi connectivity index (χ2v) is 5.58. The third-order valence-corrected chi connectivity index (χ3v) is 4.16. The lowest BCUT2D eigenvalue weighted by Crippen LogP contribution is -2.25. The van der Waals surface area contributed by atoms with E-state index in [9.17, 15) is 4.39 Å². The molecule has 2 rings (SSSR count). The summed E-state index contributed by atoms with van der Waals surface area (Å²) in [6, 6.07) is 5.62. The Morgan fingerprint density at radius 2 is 2.27 bits per heavy atom. The normalized spacial score (nSPS) is 25.5. The van der Waals surface area contributed by atoms with Crippen LogP contribution in [0.1, 0.15) is 18.9 Å². The van der Waals surface area contributed by atoms with Crippen molar-refractivity contribution in [2.45, 2.75) is 31.6 Å². The van der Waals surface area contributed by atoms with Crippen molar-refractivity contribution in [1.82, 2.24) is 0 Å². The molecule has 0 amide bonds. The molecule has 2 unspecified atom stereocenters. The van der Waals surface area contributed by atoms with Gasteiger partial charge in [-0.15, -0.1) is 0 Å². The molecule has 1 heterocycles. The second-order valence-electron chi connectivity index (χ2n) is 4.10. The molecular formula is C12H16FNS. The summed E-state index contributed by atoms with van der Waals surface area (Å²) >= 11 is 1.95. The van der Waals surface area contributed by atoms with Gasteiger partial charge in [-0.1, -0.05) is 13.0 Å². The monoisotopic (exact) mass is 225 g/mol. The molecule has 2 atom stereocenters. The van der Waals surface area contributed by atoms with Crippen molar-refractivity contribution in [3.05, 3.63) is 29.6 Å². The Labute approximate surface area is 94.5 Å². The van der Waals surface area contributed by atoms with Crippen LogP contribution in [0.2, 0.25) is 0 Å². The fourth-order valence-electron chi connectivity index (χ4n) is 1.87. The maximum Gasteiger partial charge on any atom is 0.146 e. The van der Waals surface area contributed by atoms with Gasteiger partial charge in [-0.2, -0.15) is 11.8 Å². The van der Waals surface area contributed by atoms with E-state index in [-0.39, 0.29) is 5.82 Å². The van der Waals surface area contributed by atoms with Gasteiger partial charge >= 0.3 is 0 Å². The van der Waals surface area contributed by atoms with Gasteiger partial charge in [0.15, 0.2) is 0 Å². The van der Waals surface area contributed by atoms with Crippen LogP contribution in [-0.4, -0.2) is 17.0 Å². The van der Waals surface area contributed by atoms with E-state index in [1.165, 1.54) is 11.8 Å². The van der Waals surface area contributed by atoms with E-state index in [1.807, 2.05) is 24.8 Å². The zero-order valence-corrected chi connectivity index (χ0v) is 9.90. The smallest absolute Gasteiger partial charge is 0.146 e. The third-order valence-electron chi connectivity index (χ3n) is 2.84. The second kappa shape index (κ2) is 4.44. The fraction of sp³-hybridized carbons (Fsp3) is 0.500. The Hall–Kier alpha value is -0.700. The number of halogens is 1. The van der Waals surface area contributed by atoms with Crippen molar-refractivity contribution in [2.75, 3.05) is 11.1 Å². The van der Waals surface area contributed by atoms with Gasteiger partial charge in [0.05, 0.1) is 5.69 Å². The molecule has 1 aliphatic heterocycles. The molecule has 1 aromatic carbocycles. The standard InChI is InChI=1S/C12H16FNS/c1-8-3-4-10(13)12(7-8)14-11-5-6-15-9(11)2/h3-4,7,9,11,14H,5-6H2,1-2H3. The van der Waals surface area contributed by atoms with Crippen LogP contribution in [-0.2, 0) is 0 Å². The lowest BCUT2D eigenvalue weighted by Gasteiger charge is -2.18. The fourth-order valence-corrected chi connectivity index (χ4v) is 3.07. The van der Waals surface area contributed by atoms with Crippen LogP contribution >= 0.6 is 11.8 Å². The summed E-state index contributed by atoms with van der Waals surface area (Å²) in [6.45, 7) is 4.18. The number of anilines is 1. The van der Waals surface area contributed by atoms with Crippen LogP contribution in [0.25, 0.3) is 0 Å². The summed E-state index contributed by atoms with van der Waals surface area (Å²) < 4.78 is 13.5. The highest BCUT2D eigenvalue weighted by Gasteiger charge is 2.24. The lowest BCUT2D eigenvalue weighted by molar-refractivity contribution is 0.622. The van der Waals surface area contributed by atoms with Crippen LogP contribution in [0.3, 0.4) is 0 Å². The molecule has 3 heteroatoms. The molecule has 1 aliphatic rings.